The predicted octanol–water partition coefficient (Wildman–Crippen LogP) is 3.73. The lowest BCUT2D eigenvalue weighted by Crippen LogP contribution is -2.12. The molecule has 0 unspecified atom stereocenters. The second-order valence-corrected chi connectivity index (χ2v) is 5.40. The molecule has 0 radical (unpaired) electrons. The van der Waals surface area contributed by atoms with Gasteiger partial charge in [-0.25, -0.2) is 10.8 Å². The van der Waals surface area contributed by atoms with E-state index in [2.05, 4.69) is 61.7 Å². The van der Waals surface area contributed by atoms with Crippen LogP contribution < -0.4 is 11.3 Å². The molecular weight excluding hydrogens is 258 g/mol. The summed E-state index contributed by atoms with van der Waals surface area (Å²) in [6.07, 6.45) is 0.816. The highest BCUT2D eigenvalue weighted by Gasteiger charge is 2.10. The molecule has 0 bridgehead atoms. The van der Waals surface area contributed by atoms with Gasteiger partial charge in [0.2, 0.25) is 0 Å². The van der Waals surface area contributed by atoms with Crippen LogP contribution in [0.4, 0.5) is 5.82 Å². The lowest BCUT2D eigenvalue weighted by atomic mass is 10.00. The lowest BCUT2D eigenvalue weighted by molar-refractivity contribution is 1.13. The van der Waals surface area contributed by atoms with Gasteiger partial charge in [-0.3, -0.25) is 0 Å². The zero-order chi connectivity index (χ0) is 14.8. The molecule has 0 spiro atoms. The molecule has 3 aromatic rings. The molecule has 0 amide bonds. The van der Waals surface area contributed by atoms with Crippen LogP contribution in [0.3, 0.4) is 0 Å². The first-order chi connectivity index (χ1) is 10.2. The lowest BCUT2D eigenvalue weighted by Gasteiger charge is -2.13. The van der Waals surface area contributed by atoms with Crippen LogP contribution in [0.2, 0.25) is 0 Å². The summed E-state index contributed by atoms with van der Waals surface area (Å²) in [5, 5.41) is 1.19. The van der Waals surface area contributed by atoms with Gasteiger partial charge in [-0.15, -0.1) is 0 Å². The molecule has 0 aliphatic heterocycles. The minimum absolute atomic E-state index is 0.750. The fraction of sp³-hybridized carbons (Fsp3) is 0.167. The Kier molecular flexibility index (Phi) is 3.59. The molecular formula is C18H19N3. The molecule has 0 aliphatic rings. The molecule has 3 rings (SSSR count). The van der Waals surface area contributed by atoms with Crippen molar-refractivity contribution in [3.63, 3.8) is 0 Å². The van der Waals surface area contributed by atoms with Crippen molar-refractivity contribution in [2.75, 3.05) is 5.43 Å². The molecule has 21 heavy (non-hydrogen) atoms. The van der Waals surface area contributed by atoms with E-state index in [0.717, 1.165) is 23.3 Å². The van der Waals surface area contributed by atoms with Crippen LogP contribution in [0.1, 0.15) is 22.3 Å². The molecule has 3 heteroatoms. The number of aromatic nitrogens is 1. The largest absolute Gasteiger partial charge is 0.308 e. The van der Waals surface area contributed by atoms with Gasteiger partial charge in [0.25, 0.3) is 0 Å². The molecule has 0 atom stereocenters. The van der Waals surface area contributed by atoms with E-state index in [0.29, 0.717) is 0 Å². The maximum Gasteiger partial charge on any atom is 0.144 e. The van der Waals surface area contributed by atoms with Gasteiger partial charge in [-0.1, -0.05) is 42.5 Å². The third kappa shape index (κ3) is 2.60. The Balaban J connectivity index is 2.15. The summed E-state index contributed by atoms with van der Waals surface area (Å²) in [5.74, 6) is 6.42. The van der Waals surface area contributed by atoms with E-state index in [1.54, 1.807) is 0 Å². The van der Waals surface area contributed by atoms with Crippen molar-refractivity contribution in [2.24, 2.45) is 5.84 Å². The summed E-state index contributed by atoms with van der Waals surface area (Å²) >= 11 is 0. The summed E-state index contributed by atoms with van der Waals surface area (Å²) in [6.45, 7) is 4.19. The number of nitrogens with zero attached hydrogens (tertiary/aromatic N) is 1. The Labute approximate surface area is 124 Å². The maximum absolute atomic E-state index is 5.67. The molecule has 0 saturated heterocycles. The molecule has 0 fully saturated rings. The molecule has 1 heterocycles. The SMILES string of the molecule is Cc1ccc(C)c2nc(NN)c(Cc3ccccc3)cc12. The van der Waals surface area contributed by atoms with Crippen LogP contribution >= 0.6 is 0 Å². The standard InChI is InChI=1S/C18H19N3/c1-12-8-9-13(2)17-16(12)11-15(18(20-17)21-19)10-14-6-4-3-5-7-14/h3-9,11H,10,19H2,1-2H3,(H,20,21). The van der Waals surface area contributed by atoms with E-state index in [4.69, 9.17) is 10.8 Å². The van der Waals surface area contributed by atoms with E-state index in [9.17, 15) is 0 Å². The second kappa shape index (κ2) is 5.54. The van der Waals surface area contributed by atoms with Gasteiger partial charge >= 0.3 is 0 Å². The quantitative estimate of drug-likeness (QED) is 0.566. The average Bonchev–Trinajstić information content (AvgIpc) is 2.52. The first kappa shape index (κ1) is 13.6. The molecule has 3 nitrogen and oxygen atoms in total. The highest BCUT2D eigenvalue weighted by molar-refractivity contribution is 5.87. The molecule has 1 aromatic heterocycles. The monoisotopic (exact) mass is 277 g/mol. The molecule has 0 aliphatic carbocycles. The van der Waals surface area contributed by atoms with Gasteiger partial charge in [0.05, 0.1) is 5.52 Å². The summed E-state index contributed by atoms with van der Waals surface area (Å²) in [4.78, 5) is 4.71. The first-order valence-electron chi connectivity index (χ1n) is 7.09. The normalized spacial score (nSPS) is 10.8. The van der Waals surface area contributed by atoms with Crippen molar-refractivity contribution in [3.05, 3.63) is 70.8 Å². The number of nitrogens with one attached hydrogen (secondary N) is 1. The number of aryl methyl sites for hydroxylation is 2. The molecule has 3 N–H and O–H groups in total. The summed E-state index contributed by atoms with van der Waals surface area (Å²) in [7, 11) is 0. The Morgan fingerprint density at radius 3 is 2.43 bits per heavy atom. The van der Waals surface area contributed by atoms with Crippen LogP contribution in [0.25, 0.3) is 10.9 Å². The van der Waals surface area contributed by atoms with E-state index in [-0.39, 0.29) is 0 Å². The van der Waals surface area contributed by atoms with Crippen molar-refractivity contribution in [2.45, 2.75) is 20.3 Å². The van der Waals surface area contributed by atoms with E-state index < -0.39 is 0 Å². The van der Waals surface area contributed by atoms with E-state index in [1.165, 1.54) is 22.1 Å². The zero-order valence-corrected chi connectivity index (χ0v) is 12.4. The molecule has 2 aromatic carbocycles. The third-order valence-electron chi connectivity index (χ3n) is 3.86. The number of pyridine rings is 1. The van der Waals surface area contributed by atoms with Crippen molar-refractivity contribution in [1.82, 2.24) is 4.98 Å². The Bertz CT molecular complexity index is 779. The zero-order valence-electron chi connectivity index (χ0n) is 12.4. The van der Waals surface area contributed by atoms with E-state index >= 15 is 0 Å². The van der Waals surface area contributed by atoms with Crippen molar-refractivity contribution < 1.29 is 0 Å². The highest BCUT2D eigenvalue weighted by atomic mass is 15.2. The van der Waals surface area contributed by atoms with Gasteiger partial charge < -0.3 is 5.43 Å². The van der Waals surface area contributed by atoms with Crippen LogP contribution in [0.15, 0.2) is 48.5 Å². The molecule has 106 valence electrons. The van der Waals surface area contributed by atoms with Crippen LogP contribution in [0.5, 0.6) is 0 Å². The summed E-state index contributed by atoms with van der Waals surface area (Å²) in [5.41, 5.74) is 8.53. The number of hydrogen-bond acceptors (Lipinski definition) is 3. The van der Waals surface area contributed by atoms with Gasteiger partial charge in [0.15, 0.2) is 0 Å². The van der Waals surface area contributed by atoms with E-state index in [1.807, 2.05) is 6.07 Å². The highest BCUT2D eigenvalue weighted by Crippen LogP contribution is 2.26. The number of rotatable bonds is 3. The third-order valence-corrected chi connectivity index (χ3v) is 3.86. The smallest absolute Gasteiger partial charge is 0.144 e. The van der Waals surface area contributed by atoms with Crippen molar-refractivity contribution in [3.8, 4) is 0 Å². The number of hydrazine groups is 1. The fourth-order valence-corrected chi connectivity index (χ4v) is 2.65. The number of hydrogen-bond donors (Lipinski definition) is 2. The number of nitrogens with two attached hydrogens (primary N) is 1. The van der Waals surface area contributed by atoms with Crippen LogP contribution in [0, 0.1) is 13.8 Å². The number of benzene rings is 2. The maximum atomic E-state index is 5.67. The van der Waals surface area contributed by atoms with Crippen molar-refractivity contribution in [1.29, 1.82) is 0 Å². The number of fused-ring (bicyclic) bond motifs is 1. The van der Waals surface area contributed by atoms with Gasteiger partial charge in [-0.05, 0) is 36.6 Å². The number of nitrogen functional groups attached to an aromatic ring is 1. The fourth-order valence-electron chi connectivity index (χ4n) is 2.65. The topological polar surface area (TPSA) is 50.9 Å². The van der Waals surface area contributed by atoms with Crippen LogP contribution in [-0.4, -0.2) is 4.98 Å². The van der Waals surface area contributed by atoms with Gasteiger partial charge in [0.1, 0.15) is 5.82 Å². The van der Waals surface area contributed by atoms with Crippen molar-refractivity contribution >= 4 is 16.7 Å². The second-order valence-electron chi connectivity index (χ2n) is 5.40. The minimum atomic E-state index is 0.750. The Morgan fingerprint density at radius 1 is 1.00 bits per heavy atom. The minimum Gasteiger partial charge on any atom is -0.308 e. The van der Waals surface area contributed by atoms with Gasteiger partial charge in [-0.2, -0.15) is 0 Å². The average molecular weight is 277 g/mol. The first-order valence-corrected chi connectivity index (χ1v) is 7.09. The Hall–Kier alpha value is -2.39. The Morgan fingerprint density at radius 2 is 1.71 bits per heavy atom. The van der Waals surface area contributed by atoms with Gasteiger partial charge in [0, 0.05) is 17.4 Å². The number of anilines is 1. The predicted molar refractivity (Wildman–Crippen MR) is 88.3 cm³/mol. The summed E-state index contributed by atoms with van der Waals surface area (Å²) < 4.78 is 0. The molecule has 0 saturated carbocycles. The summed E-state index contributed by atoms with van der Waals surface area (Å²) in [6, 6.07) is 16.8. The van der Waals surface area contributed by atoms with Crippen LogP contribution in [-0.2, 0) is 6.42 Å².